The number of anilines is 1. The molecule has 0 amide bonds. The molecule has 0 bridgehead atoms. The van der Waals surface area contributed by atoms with E-state index in [1.807, 2.05) is 43.0 Å². The van der Waals surface area contributed by atoms with E-state index in [-0.39, 0.29) is 18.1 Å². The van der Waals surface area contributed by atoms with Gasteiger partial charge in [0.2, 0.25) is 0 Å². The highest BCUT2D eigenvalue weighted by atomic mass is 32.2. The van der Waals surface area contributed by atoms with E-state index < -0.39 is 0 Å². The Hall–Kier alpha value is -1.86. The first-order valence-corrected chi connectivity index (χ1v) is 8.90. The predicted octanol–water partition coefficient (Wildman–Crippen LogP) is 2.62. The summed E-state index contributed by atoms with van der Waals surface area (Å²) < 4.78 is 10.5. The Balaban J connectivity index is 2.10. The second-order valence-electron chi connectivity index (χ2n) is 5.12. The highest BCUT2D eigenvalue weighted by molar-refractivity contribution is 8.04. The molecule has 1 atom stereocenters. The monoisotopic (exact) mass is 352 g/mol. The van der Waals surface area contributed by atoms with Crippen LogP contribution in [0.25, 0.3) is 0 Å². The van der Waals surface area contributed by atoms with E-state index >= 15 is 0 Å². The number of carbonyl (C=O) groups excluding carboxylic acids is 1. The number of esters is 1. The topological polar surface area (TPSA) is 71.0 Å². The zero-order valence-electron chi connectivity index (χ0n) is 14.2. The minimum Gasteiger partial charge on any atom is -0.494 e. The lowest BCUT2D eigenvalue weighted by molar-refractivity contribution is -0.137. The predicted molar refractivity (Wildman–Crippen MR) is 95.7 cm³/mol. The summed E-state index contributed by atoms with van der Waals surface area (Å²) in [6.07, 6.45) is 0. The van der Waals surface area contributed by atoms with Crippen molar-refractivity contribution in [2.75, 3.05) is 31.7 Å². The smallest absolute Gasteiger partial charge is 0.346 e. The molecule has 1 aromatic carbocycles. The molecule has 0 saturated heterocycles. The summed E-state index contributed by atoms with van der Waals surface area (Å²) >= 11 is 1.40. The number of ether oxygens (including phenoxy) is 2. The number of hydrogen-bond acceptors (Lipinski definition) is 7. The van der Waals surface area contributed by atoms with E-state index in [1.54, 1.807) is 6.92 Å². The van der Waals surface area contributed by atoms with Crippen molar-refractivity contribution in [1.82, 2.24) is 4.90 Å². The second kappa shape index (κ2) is 8.84. The van der Waals surface area contributed by atoms with Crippen LogP contribution in [0.5, 0.6) is 5.75 Å². The van der Waals surface area contributed by atoms with Crippen molar-refractivity contribution in [1.29, 1.82) is 0 Å². The average molecular weight is 352 g/mol. The van der Waals surface area contributed by atoms with Gasteiger partial charge in [-0.15, -0.1) is 0 Å². The Bertz CT molecular complexity index is 589. The Morgan fingerprint density at radius 1 is 1.29 bits per heavy atom. The number of aliphatic hydroxyl groups excluding tert-OH is 1. The summed E-state index contributed by atoms with van der Waals surface area (Å²) in [5.41, 5.74) is 1.56. The van der Waals surface area contributed by atoms with Crippen molar-refractivity contribution < 1.29 is 19.4 Å². The maximum absolute atomic E-state index is 12.1. The lowest BCUT2D eigenvalue weighted by Gasteiger charge is -2.28. The van der Waals surface area contributed by atoms with Gasteiger partial charge in [-0.2, -0.15) is 0 Å². The van der Waals surface area contributed by atoms with Crippen molar-refractivity contribution in [3.8, 4) is 5.75 Å². The quantitative estimate of drug-likeness (QED) is 0.697. The van der Waals surface area contributed by atoms with Gasteiger partial charge in [-0.05, 0) is 45.0 Å². The van der Waals surface area contributed by atoms with Gasteiger partial charge in [0.15, 0.2) is 5.50 Å². The zero-order chi connectivity index (χ0) is 17.5. The first-order valence-electron chi connectivity index (χ1n) is 8.02. The minimum absolute atomic E-state index is 0.00939. The number of allylic oxidation sites excluding steroid dienone is 1. The fraction of sp³-hybridized carbons (Fsp3) is 0.471. The number of benzene rings is 1. The van der Waals surface area contributed by atoms with Gasteiger partial charge in [0.05, 0.1) is 19.8 Å². The van der Waals surface area contributed by atoms with Crippen molar-refractivity contribution >= 4 is 23.4 Å². The highest BCUT2D eigenvalue weighted by Gasteiger charge is 2.34. The van der Waals surface area contributed by atoms with Gasteiger partial charge in [0.1, 0.15) is 10.7 Å². The summed E-state index contributed by atoms with van der Waals surface area (Å²) in [6.45, 7) is 7.02. The lowest BCUT2D eigenvalue weighted by atomic mass is 10.3. The number of hydrogen-bond donors (Lipinski definition) is 2. The molecular weight excluding hydrogens is 328 g/mol. The fourth-order valence-electron chi connectivity index (χ4n) is 2.42. The molecule has 1 aliphatic rings. The van der Waals surface area contributed by atoms with Crippen LogP contribution in [0.2, 0.25) is 0 Å². The molecule has 24 heavy (non-hydrogen) atoms. The molecule has 0 radical (unpaired) electrons. The maximum Gasteiger partial charge on any atom is 0.346 e. The first kappa shape index (κ1) is 18.5. The SMILES string of the molecule is CCOC(=O)C1=C(C)N(CCO)C(Nc2ccc(OCC)cc2)S1. The minimum atomic E-state index is -0.320. The van der Waals surface area contributed by atoms with Gasteiger partial charge in [0.25, 0.3) is 0 Å². The molecular formula is C17H24N2O4S. The largest absolute Gasteiger partial charge is 0.494 e. The summed E-state index contributed by atoms with van der Waals surface area (Å²) in [6, 6.07) is 7.66. The molecule has 1 aromatic rings. The molecule has 6 nitrogen and oxygen atoms in total. The van der Waals surface area contributed by atoms with Crippen molar-refractivity contribution in [3.05, 3.63) is 34.9 Å². The third-order valence-corrected chi connectivity index (χ3v) is 4.82. The number of β-amino-alcohol motifs (C(OH)–C–C–N with tert-alkyl or cyclic N) is 1. The van der Waals surface area contributed by atoms with E-state index in [2.05, 4.69) is 5.32 Å². The van der Waals surface area contributed by atoms with E-state index in [9.17, 15) is 9.90 Å². The van der Waals surface area contributed by atoms with E-state index in [0.29, 0.717) is 24.7 Å². The Labute approximate surface area is 146 Å². The van der Waals surface area contributed by atoms with Crippen LogP contribution in [0, 0.1) is 0 Å². The molecule has 0 aliphatic carbocycles. The van der Waals surface area contributed by atoms with E-state index in [0.717, 1.165) is 17.1 Å². The molecule has 0 aromatic heterocycles. The molecule has 2 rings (SSSR count). The summed E-state index contributed by atoms with van der Waals surface area (Å²) in [5, 5.41) is 12.7. The van der Waals surface area contributed by atoms with Crippen LogP contribution in [0.15, 0.2) is 34.9 Å². The van der Waals surface area contributed by atoms with Crippen LogP contribution in [0.1, 0.15) is 20.8 Å². The molecule has 0 spiro atoms. The summed E-state index contributed by atoms with van der Waals surface area (Å²) in [4.78, 5) is 14.6. The molecule has 7 heteroatoms. The van der Waals surface area contributed by atoms with Crippen LogP contribution in [0.4, 0.5) is 5.69 Å². The number of nitrogens with zero attached hydrogens (tertiary/aromatic N) is 1. The fourth-order valence-corrected chi connectivity index (χ4v) is 3.67. The average Bonchev–Trinajstić information content (AvgIpc) is 2.87. The molecule has 0 saturated carbocycles. The third kappa shape index (κ3) is 4.36. The van der Waals surface area contributed by atoms with Crippen LogP contribution in [-0.4, -0.2) is 47.8 Å². The highest BCUT2D eigenvalue weighted by Crippen LogP contribution is 2.38. The molecule has 132 valence electrons. The van der Waals surface area contributed by atoms with Gasteiger partial charge in [0, 0.05) is 17.9 Å². The first-order chi connectivity index (χ1) is 11.6. The Kier molecular flexibility index (Phi) is 6.81. The van der Waals surface area contributed by atoms with Gasteiger partial charge >= 0.3 is 5.97 Å². The molecule has 1 heterocycles. The Morgan fingerprint density at radius 3 is 2.58 bits per heavy atom. The number of nitrogens with one attached hydrogen (secondary N) is 1. The normalized spacial score (nSPS) is 17.2. The number of carbonyl (C=O) groups is 1. The van der Waals surface area contributed by atoms with Crippen molar-refractivity contribution in [2.45, 2.75) is 26.3 Å². The van der Waals surface area contributed by atoms with Gasteiger partial charge in [-0.1, -0.05) is 11.8 Å². The summed E-state index contributed by atoms with van der Waals surface area (Å²) in [7, 11) is 0. The molecule has 1 aliphatic heterocycles. The number of aliphatic hydroxyl groups is 1. The van der Waals surface area contributed by atoms with Gasteiger partial charge < -0.3 is 24.8 Å². The van der Waals surface area contributed by atoms with Gasteiger partial charge in [-0.3, -0.25) is 0 Å². The van der Waals surface area contributed by atoms with Crippen LogP contribution in [-0.2, 0) is 9.53 Å². The van der Waals surface area contributed by atoms with Crippen LogP contribution >= 0.6 is 11.8 Å². The second-order valence-corrected chi connectivity index (χ2v) is 6.21. The zero-order valence-corrected chi connectivity index (χ0v) is 15.1. The van der Waals surface area contributed by atoms with Crippen molar-refractivity contribution in [2.24, 2.45) is 0 Å². The molecule has 2 N–H and O–H groups in total. The van der Waals surface area contributed by atoms with Crippen LogP contribution in [0.3, 0.4) is 0 Å². The number of rotatable bonds is 8. The standard InChI is InChI=1S/C17H24N2O4S/c1-4-22-14-8-6-13(7-9-14)18-17-19(10-11-20)12(3)15(24-17)16(21)23-5-2/h6-9,17-18,20H,4-5,10-11H2,1-3H3. The Morgan fingerprint density at radius 2 is 2.00 bits per heavy atom. The molecule has 1 unspecified atom stereocenters. The maximum atomic E-state index is 12.1. The van der Waals surface area contributed by atoms with Gasteiger partial charge in [-0.25, -0.2) is 4.79 Å². The third-order valence-electron chi connectivity index (χ3n) is 3.53. The van der Waals surface area contributed by atoms with Crippen molar-refractivity contribution in [3.63, 3.8) is 0 Å². The summed E-state index contributed by atoms with van der Waals surface area (Å²) in [5.74, 6) is 0.495. The lowest BCUT2D eigenvalue weighted by Crippen LogP contribution is -2.35. The van der Waals surface area contributed by atoms with Crippen LogP contribution < -0.4 is 10.1 Å². The van der Waals surface area contributed by atoms with E-state index in [4.69, 9.17) is 9.47 Å². The number of thioether (sulfide) groups is 1. The molecule has 0 fully saturated rings. The van der Waals surface area contributed by atoms with E-state index in [1.165, 1.54) is 11.8 Å².